The third kappa shape index (κ3) is 4.59. The molecule has 10 heavy (non-hydrogen) atoms. The van der Waals surface area contributed by atoms with E-state index in [9.17, 15) is 4.57 Å². The van der Waals surface area contributed by atoms with Gasteiger partial charge in [-0.05, 0) is 19.4 Å². The summed E-state index contributed by atoms with van der Waals surface area (Å²) in [6.45, 7) is 4.42. The van der Waals surface area contributed by atoms with E-state index in [2.05, 4.69) is 0 Å². The van der Waals surface area contributed by atoms with Crippen LogP contribution in [0.25, 0.3) is 0 Å². The number of aliphatic hydroxyl groups excluding tert-OH is 1. The lowest BCUT2D eigenvalue weighted by Crippen LogP contribution is -1.91. The number of hydrogen-bond donors (Lipinski definition) is 2. The average molecular weight is 164 g/mol. The fraction of sp³-hybridized carbons (Fsp3) is 0.667. The maximum Gasteiger partial charge on any atom is 0.201 e. The van der Waals surface area contributed by atoms with Crippen molar-refractivity contribution >= 4 is 7.37 Å². The number of rotatable bonds is 2. The summed E-state index contributed by atoms with van der Waals surface area (Å²) in [5.41, 5.74) is 0.577. The van der Waals surface area contributed by atoms with Crippen LogP contribution in [0, 0.1) is 0 Å². The third-order valence-corrected chi connectivity index (χ3v) is 2.21. The van der Waals surface area contributed by atoms with Gasteiger partial charge in [-0.2, -0.15) is 0 Å². The zero-order valence-electron chi connectivity index (χ0n) is 6.46. The Morgan fingerprint density at radius 1 is 1.50 bits per heavy atom. The van der Waals surface area contributed by atoms with Crippen molar-refractivity contribution in [2.75, 3.05) is 12.8 Å². The van der Waals surface area contributed by atoms with Crippen molar-refractivity contribution in [2.24, 2.45) is 0 Å². The van der Waals surface area contributed by atoms with E-state index in [-0.39, 0.29) is 11.9 Å². The summed E-state index contributed by atoms with van der Waals surface area (Å²) >= 11 is 0. The summed E-state index contributed by atoms with van der Waals surface area (Å²) in [4.78, 5) is 8.85. The average Bonchev–Trinajstić information content (AvgIpc) is 1.60. The summed E-state index contributed by atoms with van der Waals surface area (Å²) in [5.74, 6) is 0.135. The van der Waals surface area contributed by atoms with Crippen molar-refractivity contribution in [3.05, 3.63) is 11.3 Å². The molecule has 0 aliphatic rings. The Balaban J connectivity index is 4.20. The lowest BCUT2D eigenvalue weighted by atomic mass is 10.3. The standard InChI is InChI=1S/C6H13O3P/c1-5(6(2)7)4-10(3,8)9/h7H,4H2,1-3H3,(H,8,9)/b6-5-. The molecule has 0 rings (SSSR count). The maximum absolute atomic E-state index is 10.7. The second-order valence-corrected chi connectivity index (χ2v) is 4.99. The summed E-state index contributed by atoms with van der Waals surface area (Å²) in [7, 11) is -2.99. The van der Waals surface area contributed by atoms with Crippen molar-refractivity contribution in [3.63, 3.8) is 0 Å². The van der Waals surface area contributed by atoms with Crippen LogP contribution >= 0.6 is 7.37 Å². The summed E-state index contributed by atoms with van der Waals surface area (Å²) in [5, 5.41) is 8.83. The van der Waals surface area contributed by atoms with Crippen LogP contribution in [0.1, 0.15) is 13.8 Å². The topological polar surface area (TPSA) is 57.5 Å². The van der Waals surface area contributed by atoms with Gasteiger partial charge >= 0.3 is 0 Å². The van der Waals surface area contributed by atoms with Gasteiger partial charge in [-0.15, -0.1) is 0 Å². The van der Waals surface area contributed by atoms with E-state index in [1.807, 2.05) is 0 Å². The molecule has 0 heterocycles. The molecule has 60 valence electrons. The number of aliphatic hydroxyl groups is 1. The Kier molecular flexibility index (Phi) is 3.13. The minimum absolute atomic E-state index is 0.0787. The summed E-state index contributed by atoms with van der Waals surface area (Å²) in [6, 6.07) is 0. The normalized spacial score (nSPS) is 19.6. The first-order chi connectivity index (χ1) is 4.33. The second kappa shape index (κ2) is 3.22. The van der Waals surface area contributed by atoms with Crippen molar-refractivity contribution < 1.29 is 14.6 Å². The van der Waals surface area contributed by atoms with Gasteiger partial charge in [-0.1, -0.05) is 0 Å². The fourth-order valence-corrected chi connectivity index (χ4v) is 1.66. The van der Waals surface area contributed by atoms with Crippen molar-refractivity contribution in [3.8, 4) is 0 Å². The molecular weight excluding hydrogens is 151 g/mol. The largest absolute Gasteiger partial charge is 0.513 e. The van der Waals surface area contributed by atoms with Gasteiger partial charge in [0.1, 0.15) is 0 Å². The Morgan fingerprint density at radius 3 is 2.00 bits per heavy atom. The van der Waals surface area contributed by atoms with Gasteiger partial charge in [-0.3, -0.25) is 4.57 Å². The highest BCUT2D eigenvalue weighted by atomic mass is 31.2. The summed E-state index contributed by atoms with van der Waals surface area (Å²) < 4.78 is 10.7. The molecule has 1 unspecified atom stereocenters. The quantitative estimate of drug-likeness (QED) is 0.482. The summed E-state index contributed by atoms with van der Waals surface area (Å²) in [6.07, 6.45) is 0.0787. The first-order valence-electron chi connectivity index (χ1n) is 2.97. The predicted molar refractivity (Wildman–Crippen MR) is 41.6 cm³/mol. The van der Waals surface area contributed by atoms with Crippen LogP contribution in [0.15, 0.2) is 11.3 Å². The Hall–Kier alpha value is -0.270. The highest BCUT2D eigenvalue weighted by Gasteiger charge is 2.11. The van der Waals surface area contributed by atoms with Gasteiger partial charge in [0.25, 0.3) is 0 Å². The minimum atomic E-state index is -2.99. The minimum Gasteiger partial charge on any atom is -0.513 e. The Bertz CT molecular complexity index is 185. The molecule has 0 fully saturated rings. The lowest BCUT2D eigenvalue weighted by Gasteiger charge is -2.05. The van der Waals surface area contributed by atoms with E-state index < -0.39 is 7.37 Å². The molecule has 0 aromatic heterocycles. The van der Waals surface area contributed by atoms with Gasteiger partial charge in [-0.25, -0.2) is 0 Å². The molecule has 0 aromatic carbocycles. The molecule has 0 aromatic rings. The van der Waals surface area contributed by atoms with Crippen LogP contribution in [-0.2, 0) is 4.57 Å². The van der Waals surface area contributed by atoms with Crippen LogP contribution < -0.4 is 0 Å². The molecular formula is C6H13O3P. The zero-order chi connectivity index (χ0) is 8.36. The van der Waals surface area contributed by atoms with Crippen LogP contribution in [-0.4, -0.2) is 22.8 Å². The number of allylic oxidation sites excluding steroid dienone is 2. The third-order valence-electron chi connectivity index (χ3n) is 1.15. The van der Waals surface area contributed by atoms with Crippen molar-refractivity contribution in [1.29, 1.82) is 0 Å². The van der Waals surface area contributed by atoms with Crippen LogP contribution in [0.3, 0.4) is 0 Å². The highest BCUT2D eigenvalue weighted by molar-refractivity contribution is 7.57. The van der Waals surface area contributed by atoms with Crippen LogP contribution in [0.2, 0.25) is 0 Å². The van der Waals surface area contributed by atoms with E-state index in [1.54, 1.807) is 6.92 Å². The fourth-order valence-electron chi connectivity index (χ4n) is 0.554. The van der Waals surface area contributed by atoms with E-state index >= 15 is 0 Å². The molecule has 2 N–H and O–H groups in total. The molecule has 0 spiro atoms. The van der Waals surface area contributed by atoms with E-state index in [1.165, 1.54) is 13.6 Å². The van der Waals surface area contributed by atoms with Crippen molar-refractivity contribution in [2.45, 2.75) is 13.8 Å². The van der Waals surface area contributed by atoms with Crippen LogP contribution in [0.5, 0.6) is 0 Å². The van der Waals surface area contributed by atoms with E-state index in [4.69, 9.17) is 10.00 Å². The maximum atomic E-state index is 10.7. The van der Waals surface area contributed by atoms with E-state index in [0.29, 0.717) is 5.57 Å². The predicted octanol–water partition coefficient (Wildman–Crippen LogP) is 1.74. The molecule has 3 nitrogen and oxygen atoms in total. The highest BCUT2D eigenvalue weighted by Crippen LogP contribution is 2.37. The second-order valence-electron chi connectivity index (χ2n) is 2.57. The first kappa shape index (κ1) is 9.73. The van der Waals surface area contributed by atoms with Gasteiger partial charge in [0, 0.05) is 12.8 Å². The Morgan fingerprint density at radius 2 is 1.90 bits per heavy atom. The molecule has 0 saturated carbocycles. The molecule has 0 aliphatic heterocycles. The first-order valence-corrected chi connectivity index (χ1v) is 5.27. The van der Waals surface area contributed by atoms with Crippen LogP contribution in [0.4, 0.5) is 0 Å². The monoisotopic (exact) mass is 164 g/mol. The SMILES string of the molecule is C/C(O)=C(\C)CP(C)(=O)O. The smallest absolute Gasteiger partial charge is 0.201 e. The molecule has 0 amide bonds. The van der Waals surface area contributed by atoms with Gasteiger partial charge in [0.05, 0.1) is 5.76 Å². The molecule has 1 atom stereocenters. The zero-order valence-corrected chi connectivity index (χ0v) is 7.35. The van der Waals surface area contributed by atoms with Gasteiger partial charge < -0.3 is 10.00 Å². The van der Waals surface area contributed by atoms with E-state index in [0.717, 1.165) is 0 Å². The molecule has 0 radical (unpaired) electrons. The van der Waals surface area contributed by atoms with Gasteiger partial charge in [0.2, 0.25) is 7.37 Å². The molecule has 0 bridgehead atoms. The number of hydrogen-bond acceptors (Lipinski definition) is 2. The Labute approximate surface area is 60.8 Å². The molecule has 0 aliphatic carbocycles. The molecule has 0 saturated heterocycles. The molecule has 4 heteroatoms. The van der Waals surface area contributed by atoms with Crippen molar-refractivity contribution in [1.82, 2.24) is 0 Å². The van der Waals surface area contributed by atoms with Gasteiger partial charge in [0.15, 0.2) is 0 Å². The lowest BCUT2D eigenvalue weighted by molar-refractivity contribution is 0.406.